The number of H-pyrrole nitrogens is 1. The normalized spacial score (nSPS) is 20.9. The second-order valence-corrected chi connectivity index (χ2v) is 7.10. The minimum absolute atomic E-state index is 0.114. The van der Waals surface area contributed by atoms with E-state index < -0.39 is 6.04 Å². The van der Waals surface area contributed by atoms with E-state index in [1.807, 2.05) is 48.5 Å². The molecule has 2 aliphatic rings. The van der Waals surface area contributed by atoms with Gasteiger partial charge in [0.1, 0.15) is 6.04 Å². The average Bonchev–Trinajstić information content (AvgIpc) is 3.27. The van der Waals surface area contributed by atoms with E-state index in [4.69, 9.17) is 0 Å². The topological polar surface area (TPSA) is 77.2 Å². The molecule has 3 N–H and O–H groups in total. The van der Waals surface area contributed by atoms with Crippen LogP contribution in [-0.4, -0.2) is 34.4 Å². The molecule has 2 aliphatic heterocycles. The molecule has 27 heavy (non-hydrogen) atoms. The predicted molar refractivity (Wildman–Crippen MR) is 102 cm³/mol. The van der Waals surface area contributed by atoms with Crippen LogP contribution in [0.2, 0.25) is 0 Å². The summed E-state index contributed by atoms with van der Waals surface area (Å²) in [6.07, 6.45) is 0.518. The molecule has 1 fully saturated rings. The molecule has 3 aromatic rings. The summed E-state index contributed by atoms with van der Waals surface area (Å²) in [7, 11) is 0. The Morgan fingerprint density at radius 1 is 1.11 bits per heavy atom. The molecule has 0 bridgehead atoms. The fraction of sp³-hybridized carbons (Fsp3) is 0.238. The van der Waals surface area contributed by atoms with Crippen molar-refractivity contribution >= 4 is 22.8 Å². The summed E-state index contributed by atoms with van der Waals surface area (Å²) in [6, 6.07) is 17.1. The number of urea groups is 1. The van der Waals surface area contributed by atoms with Crippen LogP contribution in [0.4, 0.5) is 4.79 Å². The van der Waals surface area contributed by atoms with Gasteiger partial charge in [-0.05, 0) is 17.2 Å². The molecule has 0 saturated carbocycles. The number of carbonyl (C=O) groups is 2. The van der Waals surface area contributed by atoms with Crippen LogP contribution in [0.1, 0.15) is 22.9 Å². The van der Waals surface area contributed by atoms with Crippen molar-refractivity contribution in [3.63, 3.8) is 0 Å². The van der Waals surface area contributed by atoms with Crippen LogP contribution in [0.3, 0.4) is 0 Å². The highest BCUT2D eigenvalue weighted by atomic mass is 16.2. The highest BCUT2D eigenvalue weighted by molar-refractivity contribution is 5.92. The van der Waals surface area contributed by atoms with Crippen molar-refractivity contribution in [2.75, 3.05) is 6.54 Å². The predicted octanol–water partition coefficient (Wildman–Crippen LogP) is 2.48. The highest BCUT2D eigenvalue weighted by Gasteiger charge is 2.46. The van der Waals surface area contributed by atoms with Crippen molar-refractivity contribution < 1.29 is 9.59 Å². The molecule has 3 heterocycles. The minimum Gasteiger partial charge on any atom is -0.356 e. The SMILES string of the molecule is O=C(NCc1ccccc1)[C@@H]1Cc2c([nH]c3ccccc23)C2CNC(=O)N21. The van der Waals surface area contributed by atoms with Crippen LogP contribution in [0.25, 0.3) is 10.9 Å². The van der Waals surface area contributed by atoms with Gasteiger partial charge in [-0.15, -0.1) is 0 Å². The number of rotatable bonds is 3. The zero-order chi connectivity index (χ0) is 18.4. The summed E-state index contributed by atoms with van der Waals surface area (Å²) in [5.74, 6) is -0.114. The number of aromatic nitrogens is 1. The third-order valence-electron chi connectivity index (χ3n) is 5.54. The van der Waals surface area contributed by atoms with Crippen molar-refractivity contribution in [2.45, 2.75) is 25.0 Å². The Morgan fingerprint density at radius 2 is 1.89 bits per heavy atom. The molecule has 5 rings (SSSR count). The van der Waals surface area contributed by atoms with Gasteiger partial charge in [0.25, 0.3) is 0 Å². The van der Waals surface area contributed by atoms with E-state index in [1.165, 1.54) is 0 Å². The summed E-state index contributed by atoms with van der Waals surface area (Å²) in [5, 5.41) is 7.03. The number of hydrogen-bond donors (Lipinski definition) is 3. The van der Waals surface area contributed by atoms with E-state index in [9.17, 15) is 9.59 Å². The number of para-hydroxylation sites is 1. The maximum atomic E-state index is 13.0. The standard InChI is InChI=1S/C21H20N4O2/c26-20(22-11-13-6-2-1-3-7-13)17-10-15-14-8-4-5-9-16(14)24-19(15)18-12-23-21(27)25(17)18/h1-9,17-18,24H,10-12H2,(H,22,26)(H,23,27)/t17-,18?/m0/s1. The van der Waals surface area contributed by atoms with Crippen molar-refractivity contribution in [3.05, 3.63) is 71.4 Å². The summed E-state index contributed by atoms with van der Waals surface area (Å²) < 4.78 is 0. The number of carbonyl (C=O) groups excluding carboxylic acids is 2. The smallest absolute Gasteiger partial charge is 0.318 e. The highest BCUT2D eigenvalue weighted by Crippen LogP contribution is 2.38. The van der Waals surface area contributed by atoms with E-state index in [2.05, 4.69) is 21.7 Å². The van der Waals surface area contributed by atoms with Gasteiger partial charge in [0, 0.05) is 36.1 Å². The third-order valence-corrected chi connectivity index (χ3v) is 5.54. The Balaban J connectivity index is 1.47. The van der Waals surface area contributed by atoms with E-state index >= 15 is 0 Å². The van der Waals surface area contributed by atoms with E-state index in [-0.39, 0.29) is 18.0 Å². The molecule has 1 saturated heterocycles. The Bertz CT molecular complexity index is 1030. The van der Waals surface area contributed by atoms with Crippen molar-refractivity contribution in [1.82, 2.24) is 20.5 Å². The summed E-state index contributed by atoms with van der Waals surface area (Å²) >= 11 is 0. The van der Waals surface area contributed by atoms with Gasteiger partial charge in [0.2, 0.25) is 5.91 Å². The molecule has 6 nitrogen and oxygen atoms in total. The monoisotopic (exact) mass is 360 g/mol. The molecule has 136 valence electrons. The molecule has 2 aromatic carbocycles. The van der Waals surface area contributed by atoms with E-state index in [0.29, 0.717) is 19.5 Å². The number of nitrogens with zero attached hydrogens (tertiary/aromatic N) is 1. The third kappa shape index (κ3) is 2.56. The first-order valence-electron chi connectivity index (χ1n) is 9.19. The quantitative estimate of drug-likeness (QED) is 0.671. The number of fused-ring (bicyclic) bond motifs is 5. The molecule has 0 radical (unpaired) electrons. The van der Waals surface area contributed by atoms with Gasteiger partial charge in [0.15, 0.2) is 0 Å². The minimum atomic E-state index is -0.507. The Hall–Kier alpha value is -3.28. The van der Waals surface area contributed by atoms with Crippen LogP contribution >= 0.6 is 0 Å². The summed E-state index contributed by atoms with van der Waals surface area (Å²) in [6.45, 7) is 0.970. The second-order valence-electron chi connectivity index (χ2n) is 7.10. The maximum absolute atomic E-state index is 13.0. The lowest BCUT2D eigenvalue weighted by atomic mass is 9.92. The van der Waals surface area contributed by atoms with Gasteiger partial charge in [-0.2, -0.15) is 0 Å². The summed E-state index contributed by atoms with van der Waals surface area (Å²) in [5.41, 5.74) is 4.27. The van der Waals surface area contributed by atoms with Gasteiger partial charge in [-0.25, -0.2) is 4.79 Å². The molecule has 2 atom stereocenters. The first kappa shape index (κ1) is 15.9. The fourth-order valence-corrected chi connectivity index (χ4v) is 4.25. The fourth-order valence-electron chi connectivity index (χ4n) is 4.25. The zero-order valence-electron chi connectivity index (χ0n) is 14.7. The number of benzene rings is 2. The van der Waals surface area contributed by atoms with Gasteiger partial charge in [0.05, 0.1) is 6.04 Å². The molecule has 6 heteroatoms. The van der Waals surface area contributed by atoms with Crippen LogP contribution in [-0.2, 0) is 17.8 Å². The van der Waals surface area contributed by atoms with Crippen molar-refractivity contribution in [3.8, 4) is 0 Å². The molecular weight excluding hydrogens is 340 g/mol. The lowest BCUT2D eigenvalue weighted by Crippen LogP contribution is -2.52. The molecular formula is C21H20N4O2. The lowest BCUT2D eigenvalue weighted by Gasteiger charge is -2.35. The average molecular weight is 360 g/mol. The van der Waals surface area contributed by atoms with Gasteiger partial charge < -0.3 is 20.5 Å². The van der Waals surface area contributed by atoms with Gasteiger partial charge in [-0.3, -0.25) is 4.79 Å². The van der Waals surface area contributed by atoms with E-state index in [0.717, 1.165) is 27.7 Å². The molecule has 1 unspecified atom stereocenters. The van der Waals surface area contributed by atoms with Gasteiger partial charge in [-0.1, -0.05) is 48.5 Å². The Labute approximate surface area is 156 Å². The van der Waals surface area contributed by atoms with Crippen LogP contribution < -0.4 is 10.6 Å². The Kier molecular flexibility index (Phi) is 3.63. The Morgan fingerprint density at radius 3 is 2.74 bits per heavy atom. The number of nitrogens with one attached hydrogen (secondary N) is 3. The first-order valence-corrected chi connectivity index (χ1v) is 9.19. The van der Waals surface area contributed by atoms with Crippen LogP contribution in [0.15, 0.2) is 54.6 Å². The lowest BCUT2D eigenvalue weighted by molar-refractivity contribution is -0.126. The zero-order valence-corrected chi connectivity index (χ0v) is 14.7. The molecule has 0 aliphatic carbocycles. The first-order chi connectivity index (χ1) is 13.2. The summed E-state index contributed by atoms with van der Waals surface area (Å²) in [4.78, 5) is 30.6. The van der Waals surface area contributed by atoms with Gasteiger partial charge >= 0.3 is 6.03 Å². The van der Waals surface area contributed by atoms with Crippen LogP contribution in [0, 0.1) is 0 Å². The van der Waals surface area contributed by atoms with Crippen LogP contribution in [0.5, 0.6) is 0 Å². The van der Waals surface area contributed by atoms with Crippen molar-refractivity contribution in [2.24, 2.45) is 0 Å². The molecule has 1 aromatic heterocycles. The number of amides is 3. The van der Waals surface area contributed by atoms with Crippen molar-refractivity contribution in [1.29, 1.82) is 0 Å². The second kappa shape index (κ2) is 6.16. The number of aromatic amines is 1. The largest absolute Gasteiger partial charge is 0.356 e. The molecule has 3 amide bonds. The maximum Gasteiger partial charge on any atom is 0.318 e. The molecule has 0 spiro atoms. The van der Waals surface area contributed by atoms with E-state index in [1.54, 1.807) is 4.90 Å². The number of hydrogen-bond acceptors (Lipinski definition) is 2.